The Kier molecular flexibility index (Phi) is 4.42. The van der Waals surface area contributed by atoms with E-state index in [2.05, 4.69) is 53.8 Å². The molecule has 0 radical (unpaired) electrons. The van der Waals surface area contributed by atoms with Gasteiger partial charge in [0, 0.05) is 25.9 Å². The molecule has 2 aromatic rings. The molecule has 0 bridgehead atoms. The summed E-state index contributed by atoms with van der Waals surface area (Å²) >= 11 is 0. The number of hydrogen-bond donors (Lipinski definition) is 1. The number of nitrogens with one attached hydrogen (secondary N) is 1. The topological polar surface area (TPSA) is 37.1 Å². The first kappa shape index (κ1) is 14.9. The summed E-state index contributed by atoms with van der Waals surface area (Å²) in [5, 5.41) is 3.60. The van der Waals surface area contributed by atoms with Gasteiger partial charge < -0.3 is 14.8 Å². The number of hydrogen-bond acceptors (Lipinski definition) is 3. The summed E-state index contributed by atoms with van der Waals surface area (Å²) in [5.41, 5.74) is 5.57. The fourth-order valence-corrected chi connectivity index (χ4v) is 3.05. The number of ether oxygens (including phenoxy) is 2. The SMILES string of the molecule is c1ccc(CC2CO2)c(CNCc2ccccc2CC2CO2)c1. The summed E-state index contributed by atoms with van der Waals surface area (Å²) in [6, 6.07) is 17.3. The quantitative estimate of drug-likeness (QED) is 0.762. The molecular weight excluding hydrogens is 286 g/mol. The third-order valence-electron chi connectivity index (χ3n) is 4.57. The van der Waals surface area contributed by atoms with Gasteiger partial charge in [0.2, 0.25) is 0 Å². The zero-order valence-electron chi connectivity index (χ0n) is 13.3. The Balaban J connectivity index is 1.36. The third-order valence-corrected chi connectivity index (χ3v) is 4.57. The normalized spacial score (nSPS) is 22.1. The van der Waals surface area contributed by atoms with Crippen LogP contribution in [0, 0.1) is 0 Å². The second-order valence-corrected chi connectivity index (χ2v) is 6.46. The van der Waals surface area contributed by atoms with E-state index in [4.69, 9.17) is 9.47 Å². The van der Waals surface area contributed by atoms with Gasteiger partial charge in [0.15, 0.2) is 0 Å². The summed E-state index contributed by atoms with van der Waals surface area (Å²) in [5.74, 6) is 0. The molecule has 120 valence electrons. The maximum atomic E-state index is 5.37. The van der Waals surface area contributed by atoms with Crippen molar-refractivity contribution in [1.29, 1.82) is 0 Å². The molecule has 2 aliphatic rings. The van der Waals surface area contributed by atoms with E-state index in [0.29, 0.717) is 12.2 Å². The highest BCUT2D eigenvalue weighted by Gasteiger charge is 2.24. The van der Waals surface area contributed by atoms with E-state index in [1.54, 1.807) is 0 Å². The fourth-order valence-electron chi connectivity index (χ4n) is 3.05. The highest BCUT2D eigenvalue weighted by molar-refractivity contribution is 5.30. The highest BCUT2D eigenvalue weighted by atomic mass is 16.6. The Morgan fingerprint density at radius 3 is 1.48 bits per heavy atom. The second kappa shape index (κ2) is 6.83. The van der Waals surface area contributed by atoms with Crippen LogP contribution in [0.15, 0.2) is 48.5 Å². The van der Waals surface area contributed by atoms with E-state index in [0.717, 1.165) is 39.1 Å². The molecule has 0 amide bonds. The second-order valence-electron chi connectivity index (χ2n) is 6.46. The van der Waals surface area contributed by atoms with Crippen LogP contribution in [-0.2, 0) is 35.4 Å². The lowest BCUT2D eigenvalue weighted by Gasteiger charge is -2.12. The average Bonchev–Trinajstić information content (AvgIpc) is 3.47. The van der Waals surface area contributed by atoms with Crippen molar-refractivity contribution in [2.24, 2.45) is 0 Å². The van der Waals surface area contributed by atoms with Gasteiger partial charge in [-0.3, -0.25) is 0 Å². The number of epoxide rings is 2. The molecule has 2 heterocycles. The van der Waals surface area contributed by atoms with Crippen LogP contribution in [0.1, 0.15) is 22.3 Å². The van der Waals surface area contributed by atoms with E-state index in [9.17, 15) is 0 Å². The summed E-state index contributed by atoms with van der Waals surface area (Å²) in [6.07, 6.45) is 2.95. The molecule has 0 aromatic heterocycles. The van der Waals surface area contributed by atoms with Gasteiger partial charge in [-0.1, -0.05) is 48.5 Å². The minimum atomic E-state index is 0.440. The van der Waals surface area contributed by atoms with Crippen molar-refractivity contribution >= 4 is 0 Å². The summed E-state index contributed by atoms with van der Waals surface area (Å²) in [7, 11) is 0. The monoisotopic (exact) mass is 309 g/mol. The smallest absolute Gasteiger partial charge is 0.0850 e. The van der Waals surface area contributed by atoms with Crippen LogP contribution in [0.5, 0.6) is 0 Å². The minimum absolute atomic E-state index is 0.440. The van der Waals surface area contributed by atoms with Gasteiger partial charge in [0.1, 0.15) is 0 Å². The van der Waals surface area contributed by atoms with E-state index in [-0.39, 0.29) is 0 Å². The van der Waals surface area contributed by atoms with Crippen LogP contribution < -0.4 is 5.32 Å². The Bertz CT molecular complexity index is 605. The molecule has 2 aliphatic heterocycles. The van der Waals surface area contributed by atoms with Crippen molar-refractivity contribution in [3.63, 3.8) is 0 Å². The van der Waals surface area contributed by atoms with E-state index < -0.39 is 0 Å². The van der Waals surface area contributed by atoms with Crippen molar-refractivity contribution in [1.82, 2.24) is 5.32 Å². The minimum Gasteiger partial charge on any atom is -0.373 e. The van der Waals surface area contributed by atoms with E-state index in [1.807, 2.05) is 0 Å². The van der Waals surface area contributed by atoms with Crippen LogP contribution in [0.4, 0.5) is 0 Å². The Hall–Kier alpha value is -1.68. The first-order valence-electron chi connectivity index (χ1n) is 8.46. The maximum Gasteiger partial charge on any atom is 0.0850 e. The largest absolute Gasteiger partial charge is 0.373 e. The predicted octanol–water partition coefficient (Wildman–Crippen LogP) is 2.86. The van der Waals surface area contributed by atoms with Gasteiger partial charge >= 0.3 is 0 Å². The lowest BCUT2D eigenvalue weighted by atomic mass is 10.0. The van der Waals surface area contributed by atoms with Crippen LogP contribution >= 0.6 is 0 Å². The van der Waals surface area contributed by atoms with Crippen LogP contribution in [-0.4, -0.2) is 25.4 Å². The van der Waals surface area contributed by atoms with Gasteiger partial charge in [-0.25, -0.2) is 0 Å². The number of rotatable bonds is 8. The zero-order valence-corrected chi connectivity index (χ0v) is 13.3. The summed E-state index contributed by atoms with van der Waals surface area (Å²) in [4.78, 5) is 0. The molecule has 23 heavy (non-hydrogen) atoms. The molecule has 0 aliphatic carbocycles. The maximum absolute atomic E-state index is 5.37. The van der Waals surface area contributed by atoms with Crippen molar-refractivity contribution in [2.75, 3.05) is 13.2 Å². The van der Waals surface area contributed by atoms with Crippen LogP contribution in [0.3, 0.4) is 0 Å². The predicted molar refractivity (Wildman–Crippen MR) is 90.3 cm³/mol. The van der Waals surface area contributed by atoms with Crippen LogP contribution in [0.2, 0.25) is 0 Å². The molecule has 0 saturated carbocycles. The summed E-state index contributed by atoms with van der Waals surface area (Å²) < 4.78 is 10.7. The van der Waals surface area contributed by atoms with E-state index >= 15 is 0 Å². The third kappa shape index (κ3) is 4.20. The molecular formula is C20H23NO2. The summed E-state index contributed by atoms with van der Waals surface area (Å²) in [6.45, 7) is 3.63. The van der Waals surface area contributed by atoms with Gasteiger partial charge in [0.25, 0.3) is 0 Å². The lowest BCUT2D eigenvalue weighted by Crippen LogP contribution is -2.16. The van der Waals surface area contributed by atoms with Crippen LogP contribution in [0.25, 0.3) is 0 Å². The van der Waals surface area contributed by atoms with Crippen molar-refractivity contribution in [3.8, 4) is 0 Å². The molecule has 1 N–H and O–H groups in total. The lowest BCUT2D eigenvalue weighted by molar-refractivity contribution is 0.407. The molecule has 2 atom stereocenters. The van der Waals surface area contributed by atoms with E-state index in [1.165, 1.54) is 22.3 Å². The molecule has 2 aromatic carbocycles. The average molecular weight is 309 g/mol. The number of benzene rings is 2. The molecule has 2 saturated heterocycles. The molecule has 2 fully saturated rings. The molecule has 4 rings (SSSR count). The Morgan fingerprint density at radius 2 is 1.09 bits per heavy atom. The van der Waals surface area contributed by atoms with Crippen molar-refractivity contribution < 1.29 is 9.47 Å². The first-order chi connectivity index (χ1) is 11.4. The van der Waals surface area contributed by atoms with Gasteiger partial charge in [-0.05, 0) is 22.3 Å². The molecule has 3 heteroatoms. The zero-order chi connectivity index (χ0) is 15.5. The fraction of sp³-hybridized carbons (Fsp3) is 0.400. The highest BCUT2D eigenvalue weighted by Crippen LogP contribution is 2.21. The van der Waals surface area contributed by atoms with Gasteiger partial charge in [-0.15, -0.1) is 0 Å². The standard InChI is InChI=1S/C20H23NO2/c1-3-7-17(15(5-1)9-19-13-22-19)11-21-12-18-8-4-2-6-16(18)10-20-14-23-20/h1-8,19-21H,9-14H2. The molecule has 3 nitrogen and oxygen atoms in total. The van der Waals surface area contributed by atoms with Crippen molar-refractivity contribution in [3.05, 3.63) is 70.8 Å². The Labute approximate surface area is 137 Å². The molecule has 0 spiro atoms. The molecule has 2 unspecified atom stereocenters. The van der Waals surface area contributed by atoms with Gasteiger partial charge in [0.05, 0.1) is 25.4 Å². The van der Waals surface area contributed by atoms with Gasteiger partial charge in [-0.2, -0.15) is 0 Å². The van der Waals surface area contributed by atoms with Crippen molar-refractivity contribution in [2.45, 2.75) is 38.1 Å². The Morgan fingerprint density at radius 1 is 0.696 bits per heavy atom. The first-order valence-corrected chi connectivity index (χ1v) is 8.46.